The molecule has 0 radical (unpaired) electrons. The molecule has 3 aromatic rings. The molecule has 1 N–H and O–H groups in total. The summed E-state index contributed by atoms with van der Waals surface area (Å²) in [6.45, 7) is 4.01. The SMILES string of the molecule is CC(C)CNC(=O)[C@@H](Cc1ccccc1)N(Cc1cccc(Br)c1)C(=O)CN(c1ccccc1Cl)S(C)(=O)=O. The summed E-state index contributed by atoms with van der Waals surface area (Å²) in [5, 5.41) is 3.16. The zero-order valence-electron chi connectivity index (χ0n) is 22.2. The fourth-order valence-electron chi connectivity index (χ4n) is 4.06. The van der Waals surface area contributed by atoms with Crippen LogP contribution in [0, 0.1) is 5.92 Å². The van der Waals surface area contributed by atoms with Crippen molar-refractivity contribution in [2.75, 3.05) is 23.7 Å². The van der Waals surface area contributed by atoms with Crippen LogP contribution in [0.3, 0.4) is 0 Å². The van der Waals surface area contributed by atoms with Crippen LogP contribution in [0.25, 0.3) is 0 Å². The molecular weight excluding hydrogens is 602 g/mol. The van der Waals surface area contributed by atoms with Crippen molar-refractivity contribution in [1.29, 1.82) is 0 Å². The van der Waals surface area contributed by atoms with Gasteiger partial charge in [-0.05, 0) is 41.3 Å². The summed E-state index contributed by atoms with van der Waals surface area (Å²) in [7, 11) is -3.88. The molecule has 0 spiro atoms. The van der Waals surface area contributed by atoms with E-state index in [1.807, 2.05) is 68.4 Å². The molecule has 2 amide bonds. The molecule has 0 aliphatic carbocycles. The number of benzene rings is 3. The number of rotatable bonds is 12. The van der Waals surface area contributed by atoms with Crippen LogP contribution in [-0.4, -0.2) is 50.5 Å². The zero-order chi connectivity index (χ0) is 28.6. The van der Waals surface area contributed by atoms with Crippen LogP contribution in [0.2, 0.25) is 5.02 Å². The molecule has 0 aromatic heterocycles. The molecule has 208 valence electrons. The normalized spacial score (nSPS) is 12.2. The van der Waals surface area contributed by atoms with Crippen molar-refractivity contribution in [2.45, 2.75) is 32.9 Å². The molecule has 10 heteroatoms. The smallest absolute Gasteiger partial charge is 0.244 e. The van der Waals surface area contributed by atoms with Crippen LogP contribution in [-0.2, 0) is 32.6 Å². The van der Waals surface area contributed by atoms with Gasteiger partial charge in [-0.2, -0.15) is 0 Å². The third kappa shape index (κ3) is 9.08. The van der Waals surface area contributed by atoms with E-state index < -0.39 is 28.5 Å². The highest BCUT2D eigenvalue weighted by Gasteiger charge is 2.33. The number of carbonyl (C=O) groups is 2. The van der Waals surface area contributed by atoms with E-state index >= 15 is 0 Å². The molecule has 0 unspecified atom stereocenters. The predicted octanol–water partition coefficient (Wildman–Crippen LogP) is 5.28. The van der Waals surface area contributed by atoms with Crippen molar-refractivity contribution in [2.24, 2.45) is 5.92 Å². The lowest BCUT2D eigenvalue weighted by Gasteiger charge is -2.33. The van der Waals surface area contributed by atoms with E-state index in [4.69, 9.17) is 11.6 Å². The van der Waals surface area contributed by atoms with Gasteiger partial charge in [0.15, 0.2) is 0 Å². The minimum atomic E-state index is -3.88. The molecule has 3 aromatic carbocycles. The number of hydrogen-bond donors (Lipinski definition) is 1. The van der Waals surface area contributed by atoms with Crippen molar-refractivity contribution in [3.8, 4) is 0 Å². The van der Waals surface area contributed by atoms with Gasteiger partial charge in [0, 0.05) is 24.0 Å². The Morgan fingerprint density at radius 3 is 2.21 bits per heavy atom. The van der Waals surface area contributed by atoms with E-state index in [1.54, 1.807) is 24.3 Å². The first-order valence-electron chi connectivity index (χ1n) is 12.5. The summed E-state index contributed by atoms with van der Waals surface area (Å²) < 4.78 is 27.5. The molecule has 0 aliphatic heterocycles. The highest BCUT2D eigenvalue weighted by molar-refractivity contribution is 9.10. The van der Waals surface area contributed by atoms with Crippen LogP contribution in [0.15, 0.2) is 83.3 Å². The Kier molecular flexibility index (Phi) is 11.0. The van der Waals surface area contributed by atoms with E-state index in [1.165, 1.54) is 4.90 Å². The maximum atomic E-state index is 14.0. The van der Waals surface area contributed by atoms with E-state index in [0.29, 0.717) is 6.54 Å². The largest absolute Gasteiger partial charge is 0.354 e. The summed E-state index contributed by atoms with van der Waals surface area (Å²) in [5.74, 6) is -0.623. The van der Waals surface area contributed by atoms with Gasteiger partial charge >= 0.3 is 0 Å². The first kappa shape index (κ1) is 30.7. The van der Waals surface area contributed by atoms with Crippen molar-refractivity contribution >= 4 is 55.1 Å². The van der Waals surface area contributed by atoms with Crippen molar-refractivity contribution < 1.29 is 18.0 Å². The minimum absolute atomic E-state index is 0.102. The quantitative estimate of drug-likeness (QED) is 0.294. The van der Waals surface area contributed by atoms with Crippen molar-refractivity contribution in [3.05, 3.63) is 99.5 Å². The maximum Gasteiger partial charge on any atom is 0.244 e. The molecule has 0 saturated heterocycles. The average Bonchev–Trinajstić information content (AvgIpc) is 2.88. The summed E-state index contributed by atoms with van der Waals surface area (Å²) in [4.78, 5) is 29.1. The zero-order valence-corrected chi connectivity index (χ0v) is 25.3. The summed E-state index contributed by atoms with van der Waals surface area (Å²) in [6, 6.07) is 22.5. The van der Waals surface area contributed by atoms with Gasteiger partial charge in [-0.15, -0.1) is 0 Å². The van der Waals surface area contributed by atoms with Gasteiger partial charge in [-0.3, -0.25) is 13.9 Å². The van der Waals surface area contributed by atoms with Crippen LogP contribution in [0.5, 0.6) is 0 Å². The Hall–Kier alpha value is -2.88. The van der Waals surface area contributed by atoms with Gasteiger partial charge in [-0.25, -0.2) is 8.42 Å². The fraction of sp³-hybridized carbons (Fsp3) is 0.310. The number of halogens is 2. The van der Waals surface area contributed by atoms with Gasteiger partial charge in [-0.1, -0.05) is 96.0 Å². The molecular formula is C29H33BrClN3O4S. The van der Waals surface area contributed by atoms with Gasteiger partial charge < -0.3 is 10.2 Å². The third-order valence-corrected chi connectivity index (χ3v) is 7.94. The lowest BCUT2D eigenvalue weighted by molar-refractivity contribution is -0.140. The summed E-state index contributed by atoms with van der Waals surface area (Å²) in [6.07, 6.45) is 1.29. The van der Waals surface area contributed by atoms with E-state index in [-0.39, 0.29) is 35.5 Å². The Balaban J connectivity index is 2.05. The molecule has 0 bridgehead atoms. The van der Waals surface area contributed by atoms with Gasteiger partial charge in [0.2, 0.25) is 21.8 Å². The van der Waals surface area contributed by atoms with Crippen molar-refractivity contribution in [1.82, 2.24) is 10.2 Å². The number of nitrogens with one attached hydrogen (secondary N) is 1. The van der Waals surface area contributed by atoms with Gasteiger partial charge in [0.05, 0.1) is 17.0 Å². The Morgan fingerprint density at radius 1 is 0.949 bits per heavy atom. The number of amides is 2. The van der Waals surface area contributed by atoms with E-state index in [0.717, 1.165) is 26.2 Å². The lowest BCUT2D eigenvalue weighted by atomic mass is 10.0. The first-order valence-corrected chi connectivity index (χ1v) is 15.6. The second-order valence-electron chi connectivity index (χ2n) is 9.72. The number of sulfonamides is 1. The topological polar surface area (TPSA) is 86.8 Å². The number of nitrogens with zero attached hydrogens (tertiary/aromatic N) is 2. The molecule has 0 heterocycles. The standard InChI is InChI=1S/C29H33BrClN3O4S/c1-21(2)18-32-29(36)27(17-22-10-5-4-6-11-22)33(19-23-12-9-13-24(30)16-23)28(35)20-34(39(3,37)38)26-15-8-7-14-25(26)31/h4-16,21,27H,17-20H2,1-3H3,(H,32,36)/t27-/m1/s1. The molecule has 0 saturated carbocycles. The van der Waals surface area contributed by atoms with Crippen LogP contribution >= 0.6 is 27.5 Å². The lowest BCUT2D eigenvalue weighted by Crippen LogP contribution is -2.53. The molecule has 39 heavy (non-hydrogen) atoms. The predicted molar refractivity (Wildman–Crippen MR) is 160 cm³/mol. The monoisotopic (exact) mass is 633 g/mol. The Bertz CT molecular complexity index is 1390. The summed E-state index contributed by atoms with van der Waals surface area (Å²) in [5.41, 5.74) is 1.86. The van der Waals surface area contributed by atoms with Crippen LogP contribution in [0.4, 0.5) is 5.69 Å². The maximum absolute atomic E-state index is 14.0. The van der Waals surface area contributed by atoms with Crippen LogP contribution in [0.1, 0.15) is 25.0 Å². The highest BCUT2D eigenvalue weighted by atomic mass is 79.9. The van der Waals surface area contributed by atoms with E-state index in [9.17, 15) is 18.0 Å². The van der Waals surface area contributed by atoms with E-state index in [2.05, 4.69) is 21.2 Å². The van der Waals surface area contributed by atoms with Gasteiger partial charge in [0.1, 0.15) is 12.6 Å². The summed E-state index contributed by atoms with van der Waals surface area (Å²) >= 11 is 9.80. The fourth-order valence-corrected chi connectivity index (χ4v) is 5.65. The average molecular weight is 635 g/mol. The number of carbonyl (C=O) groups excluding carboxylic acids is 2. The second kappa shape index (κ2) is 14.0. The molecule has 0 fully saturated rings. The first-order chi connectivity index (χ1) is 18.5. The van der Waals surface area contributed by atoms with Crippen LogP contribution < -0.4 is 9.62 Å². The minimum Gasteiger partial charge on any atom is -0.354 e. The Morgan fingerprint density at radius 2 is 1.59 bits per heavy atom. The van der Waals surface area contributed by atoms with Crippen molar-refractivity contribution in [3.63, 3.8) is 0 Å². The molecule has 7 nitrogen and oxygen atoms in total. The number of hydrogen-bond acceptors (Lipinski definition) is 4. The van der Waals surface area contributed by atoms with Gasteiger partial charge in [0.25, 0.3) is 0 Å². The third-order valence-electron chi connectivity index (χ3n) is 6.00. The Labute approximate surface area is 244 Å². The molecule has 0 aliphatic rings. The molecule has 1 atom stereocenters. The molecule has 3 rings (SSSR count). The second-order valence-corrected chi connectivity index (χ2v) is 12.9. The number of anilines is 1. The number of para-hydroxylation sites is 1. The highest BCUT2D eigenvalue weighted by Crippen LogP contribution is 2.28.